The molecule has 0 saturated carbocycles. The zero-order valence-electron chi connectivity index (χ0n) is 29.2. The fraction of sp³-hybridized carbons (Fsp3) is 0.289. The number of carbonyl (C=O) groups excluding carboxylic acids is 2. The number of carbonyl (C=O) groups is 2. The SMILES string of the molecule is CON(C)C(=O)C(C)(C)C.Cc1cc(Br)cc(Br)c1.Cc1cc(Br)cc(C(=O)c2ccccc2)c1.[CH2-]CCC.[Li+].[Y].[c-]1ccccc1. The largest absolute Gasteiger partial charge is 1.00 e. The zero-order chi connectivity index (χ0) is 34.4. The predicted molar refractivity (Wildman–Crippen MR) is 200 cm³/mol. The van der Waals surface area contributed by atoms with Crippen molar-refractivity contribution in [1.82, 2.24) is 5.06 Å². The molecule has 1 amide bonds. The Labute approximate surface area is 346 Å². The normalized spacial score (nSPS) is 9.36. The monoisotopic (exact) mass is 897 g/mol. The van der Waals surface area contributed by atoms with Crippen LogP contribution >= 0.6 is 47.8 Å². The van der Waals surface area contributed by atoms with Gasteiger partial charge in [0.05, 0.1) is 7.11 Å². The summed E-state index contributed by atoms with van der Waals surface area (Å²) in [7, 11) is 3.08. The van der Waals surface area contributed by atoms with Gasteiger partial charge in [0.25, 0.3) is 5.91 Å². The van der Waals surface area contributed by atoms with E-state index < -0.39 is 0 Å². The predicted octanol–water partition coefficient (Wildman–Crippen LogP) is 8.67. The van der Waals surface area contributed by atoms with E-state index in [-0.39, 0.29) is 68.7 Å². The summed E-state index contributed by atoms with van der Waals surface area (Å²) in [6.07, 6.45) is 2.28. The average molecular weight is 900 g/mol. The molecule has 0 aliphatic heterocycles. The summed E-state index contributed by atoms with van der Waals surface area (Å²) in [6.45, 7) is 15.3. The first-order chi connectivity index (χ1) is 21.2. The van der Waals surface area contributed by atoms with Crippen LogP contribution in [0, 0.1) is 32.3 Å². The summed E-state index contributed by atoms with van der Waals surface area (Å²) in [5.41, 5.74) is 3.42. The summed E-state index contributed by atoms with van der Waals surface area (Å²) >= 11 is 10.2. The smallest absolute Gasteiger partial charge is 0.343 e. The van der Waals surface area contributed by atoms with Crippen LogP contribution in [0.15, 0.2) is 110 Å². The molecule has 4 aromatic rings. The Bertz CT molecular complexity index is 1300. The van der Waals surface area contributed by atoms with E-state index >= 15 is 0 Å². The number of hydrogen-bond donors (Lipinski definition) is 0. The van der Waals surface area contributed by atoms with Crippen LogP contribution in [0.2, 0.25) is 0 Å². The number of hydroxylamine groups is 2. The van der Waals surface area contributed by atoms with Crippen molar-refractivity contribution in [2.45, 2.75) is 54.4 Å². The molecule has 4 rings (SSSR count). The van der Waals surface area contributed by atoms with Gasteiger partial charge in [0.2, 0.25) is 0 Å². The van der Waals surface area contributed by atoms with Gasteiger partial charge in [-0.15, -0.1) is 0 Å². The van der Waals surface area contributed by atoms with Crippen LogP contribution in [0.1, 0.15) is 67.6 Å². The number of amides is 1. The maximum atomic E-state index is 12.1. The van der Waals surface area contributed by atoms with Crippen molar-refractivity contribution >= 4 is 59.5 Å². The van der Waals surface area contributed by atoms with Gasteiger partial charge in [0.1, 0.15) is 0 Å². The molecular weight excluding hydrogens is 854 g/mol. The molecule has 0 aliphatic carbocycles. The van der Waals surface area contributed by atoms with Gasteiger partial charge in [-0.05, 0) is 61.4 Å². The van der Waals surface area contributed by atoms with Crippen molar-refractivity contribution in [1.29, 1.82) is 0 Å². The Morgan fingerprint density at radius 2 is 1.21 bits per heavy atom. The van der Waals surface area contributed by atoms with E-state index in [4.69, 9.17) is 4.84 Å². The molecule has 0 aromatic heterocycles. The van der Waals surface area contributed by atoms with E-state index in [1.54, 1.807) is 7.05 Å². The van der Waals surface area contributed by atoms with Crippen LogP contribution in [-0.2, 0) is 42.3 Å². The van der Waals surface area contributed by atoms with E-state index in [0.717, 1.165) is 36.5 Å². The number of halogens is 3. The number of aryl methyl sites for hydroxylation is 2. The summed E-state index contributed by atoms with van der Waals surface area (Å²) in [5.74, 6) is 0.0417. The number of hydrogen-bond acceptors (Lipinski definition) is 3. The van der Waals surface area contributed by atoms with Gasteiger partial charge >= 0.3 is 18.9 Å². The van der Waals surface area contributed by atoms with Crippen molar-refractivity contribution in [3.05, 3.63) is 146 Å². The fourth-order valence-corrected chi connectivity index (χ4v) is 5.34. The first-order valence-electron chi connectivity index (χ1n) is 14.5. The van der Waals surface area contributed by atoms with Crippen molar-refractivity contribution in [2.75, 3.05) is 14.2 Å². The standard InChI is InChI=1S/C14H11BrO.C7H6Br2.C7H15NO2.C6H5.C4H9.Li.Y/c1-10-7-12(9-13(15)8-10)14(16)11-5-3-2-4-6-11;1-5-2-6(8)4-7(9)3-5;1-7(2,3)6(9)8(4)10-5;1-2-4-6-5-3-1;1-3-4-2;;/h2-9H,1H3;2-4H,1H3;1-5H3;1-5H;1,3-4H2,2H3;;/q;;;2*-1;+1;. The molecule has 0 heterocycles. The third-order valence-electron chi connectivity index (χ3n) is 5.51. The number of unbranched alkanes of at least 4 members (excludes halogenated alkanes) is 1. The second-order valence-corrected chi connectivity index (χ2v) is 13.6. The molecule has 0 aliphatic rings. The van der Waals surface area contributed by atoms with Crippen LogP contribution in [0.5, 0.6) is 0 Å². The van der Waals surface area contributed by atoms with Gasteiger partial charge in [0, 0.05) is 69.7 Å². The van der Waals surface area contributed by atoms with E-state index in [9.17, 15) is 9.59 Å². The van der Waals surface area contributed by atoms with E-state index in [0.29, 0.717) is 0 Å². The third kappa shape index (κ3) is 24.8. The first kappa shape index (κ1) is 50.5. The Balaban J connectivity index is -0.000000548. The summed E-state index contributed by atoms with van der Waals surface area (Å²) in [6, 6.07) is 33.7. The minimum absolute atomic E-state index is 0. The van der Waals surface area contributed by atoms with Gasteiger partial charge in [-0.3, -0.25) is 14.4 Å². The maximum absolute atomic E-state index is 12.1. The van der Waals surface area contributed by atoms with E-state index in [1.165, 1.54) is 24.2 Å². The molecular formula is C38H46Br3LiNO3Y-. The van der Waals surface area contributed by atoms with Gasteiger partial charge in [-0.2, -0.15) is 42.8 Å². The molecule has 4 nitrogen and oxygen atoms in total. The molecule has 0 N–H and O–H groups in total. The second-order valence-electron chi connectivity index (χ2n) is 10.8. The minimum atomic E-state index is -0.356. The zero-order valence-corrected chi connectivity index (χ0v) is 36.8. The molecule has 0 fully saturated rings. The molecule has 0 unspecified atom stereocenters. The quantitative estimate of drug-likeness (QED) is 0.0893. The van der Waals surface area contributed by atoms with Crippen LogP contribution < -0.4 is 18.9 Å². The molecule has 0 saturated heterocycles. The second kappa shape index (κ2) is 28.9. The molecule has 0 bridgehead atoms. The maximum Gasteiger partial charge on any atom is 1.00 e. The molecule has 0 spiro atoms. The van der Waals surface area contributed by atoms with Gasteiger partial charge in [0.15, 0.2) is 5.78 Å². The minimum Gasteiger partial charge on any atom is -0.343 e. The molecule has 4 aromatic carbocycles. The molecule has 0 atom stereocenters. The van der Waals surface area contributed by atoms with Crippen LogP contribution in [0.4, 0.5) is 0 Å². The molecule has 247 valence electrons. The number of nitrogens with zero attached hydrogens (tertiary/aromatic N) is 1. The van der Waals surface area contributed by atoms with Crippen molar-refractivity contribution < 1.29 is 66.0 Å². The third-order valence-corrected chi connectivity index (χ3v) is 6.88. The topological polar surface area (TPSA) is 46.6 Å². The number of ketones is 1. The molecule has 47 heavy (non-hydrogen) atoms. The molecule has 1 radical (unpaired) electrons. The van der Waals surface area contributed by atoms with Crippen molar-refractivity contribution in [3.8, 4) is 0 Å². The van der Waals surface area contributed by atoms with Gasteiger partial charge in [-0.25, -0.2) is 5.06 Å². The van der Waals surface area contributed by atoms with Gasteiger partial charge < -0.3 is 6.92 Å². The number of benzene rings is 4. The Hall–Kier alpha value is -0.879. The van der Waals surface area contributed by atoms with Crippen LogP contribution in [0.3, 0.4) is 0 Å². The Morgan fingerprint density at radius 1 is 0.787 bits per heavy atom. The van der Waals surface area contributed by atoms with E-state index in [1.807, 2.05) is 113 Å². The van der Waals surface area contributed by atoms with Crippen molar-refractivity contribution in [2.24, 2.45) is 5.41 Å². The summed E-state index contributed by atoms with van der Waals surface area (Å²) in [4.78, 5) is 28.0. The fourth-order valence-electron chi connectivity index (χ4n) is 3.21. The Morgan fingerprint density at radius 3 is 1.51 bits per heavy atom. The molecule has 9 heteroatoms. The Kier molecular flexibility index (Phi) is 31.1. The summed E-state index contributed by atoms with van der Waals surface area (Å²) < 4.78 is 3.18. The van der Waals surface area contributed by atoms with Crippen LogP contribution in [-0.4, -0.2) is 30.9 Å². The van der Waals surface area contributed by atoms with E-state index in [2.05, 4.69) is 86.8 Å². The summed E-state index contributed by atoms with van der Waals surface area (Å²) in [5, 5.41) is 1.24. The van der Waals surface area contributed by atoms with Crippen LogP contribution in [0.25, 0.3) is 0 Å². The average Bonchev–Trinajstić information content (AvgIpc) is 3.00. The number of rotatable bonds is 4. The van der Waals surface area contributed by atoms with Gasteiger partial charge in [-0.1, -0.05) is 112 Å². The van der Waals surface area contributed by atoms with Crippen molar-refractivity contribution in [3.63, 3.8) is 0 Å². The first-order valence-corrected chi connectivity index (χ1v) is 16.9.